The summed E-state index contributed by atoms with van der Waals surface area (Å²) in [5.41, 5.74) is -4.42. The predicted octanol–water partition coefficient (Wildman–Crippen LogP) is 4.46. The van der Waals surface area contributed by atoms with Gasteiger partial charge in [-0.1, -0.05) is 22.0 Å². The van der Waals surface area contributed by atoms with E-state index in [1.54, 1.807) is 0 Å². The Morgan fingerprint density at radius 1 is 1.41 bits per heavy atom. The third-order valence-corrected chi connectivity index (χ3v) is 3.69. The first-order valence-electron chi connectivity index (χ1n) is 4.40. The Labute approximate surface area is 108 Å². The molecule has 0 amide bonds. The molecule has 1 nitrogen and oxygen atoms in total. The summed E-state index contributed by atoms with van der Waals surface area (Å²) in [6.45, 7) is 1.26. The van der Waals surface area contributed by atoms with Crippen molar-refractivity contribution in [3.05, 3.63) is 29.6 Å². The average Bonchev–Trinajstić information content (AvgIpc) is 2.14. The minimum Gasteiger partial charge on any atom is -0.298 e. The van der Waals surface area contributed by atoms with Gasteiger partial charge in [0.1, 0.15) is 16.4 Å². The molecule has 7 heteroatoms. The third kappa shape index (κ3) is 4.31. The van der Waals surface area contributed by atoms with E-state index in [1.165, 1.54) is 13.0 Å². The van der Waals surface area contributed by atoms with Crippen LogP contribution < -0.4 is 0 Å². The molecule has 0 saturated heterocycles. The van der Waals surface area contributed by atoms with Crippen molar-refractivity contribution in [2.45, 2.75) is 22.2 Å². The van der Waals surface area contributed by atoms with Crippen molar-refractivity contribution >= 4 is 33.5 Å². The molecule has 1 aromatic carbocycles. The van der Waals surface area contributed by atoms with Gasteiger partial charge in [-0.3, -0.25) is 4.79 Å². The number of carbonyl (C=O) groups is 1. The number of thioether (sulfide) groups is 1. The molecule has 0 N–H and O–H groups in total. The van der Waals surface area contributed by atoms with Crippen LogP contribution in [0.25, 0.3) is 0 Å². The van der Waals surface area contributed by atoms with E-state index < -0.39 is 27.9 Å². The van der Waals surface area contributed by atoms with Crippen molar-refractivity contribution in [2.75, 3.05) is 0 Å². The van der Waals surface area contributed by atoms with Crippen LogP contribution in [-0.4, -0.2) is 11.3 Å². The highest BCUT2D eigenvalue weighted by Crippen LogP contribution is 2.38. The first-order valence-corrected chi connectivity index (χ1v) is 6.13. The monoisotopic (exact) mass is 330 g/mol. The van der Waals surface area contributed by atoms with E-state index in [-0.39, 0.29) is 16.2 Å². The van der Waals surface area contributed by atoms with Gasteiger partial charge in [-0.05, 0) is 30.8 Å². The van der Waals surface area contributed by atoms with Crippen LogP contribution in [-0.2, 0) is 4.79 Å². The molecule has 17 heavy (non-hydrogen) atoms. The SMILES string of the molecule is CC(=O)C(Br)c1ccc(SC(F)(F)F)cc1F. The number of benzene rings is 1. The molecule has 1 atom stereocenters. The topological polar surface area (TPSA) is 17.1 Å². The fourth-order valence-corrected chi connectivity index (χ4v) is 2.07. The summed E-state index contributed by atoms with van der Waals surface area (Å²) >= 11 is 2.57. The highest BCUT2D eigenvalue weighted by Gasteiger charge is 2.29. The van der Waals surface area contributed by atoms with E-state index >= 15 is 0 Å². The highest BCUT2D eigenvalue weighted by atomic mass is 79.9. The van der Waals surface area contributed by atoms with Gasteiger partial charge in [-0.25, -0.2) is 4.39 Å². The number of carbonyl (C=O) groups excluding carboxylic acids is 1. The Hall–Kier alpha value is -0.560. The normalized spacial score (nSPS) is 13.5. The largest absolute Gasteiger partial charge is 0.446 e. The van der Waals surface area contributed by atoms with Crippen LogP contribution in [0.3, 0.4) is 0 Å². The molecule has 0 radical (unpaired) electrons. The second-order valence-electron chi connectivity index (χ2n) is 3.20. The molecule has 0 aliphatic heterocycles. The van der Waals surface area contributed by atoms with Gasteiger partial charge < -0.3 is 0 Å². The van der Waals surface area contributed by atoms with Gasteiger partial charge >= 0.3 is 5.51 Å². The zero-order valence-corrected chi connectivity index (χ0v) is 10.9. The van der Waals surface area contributed by atoms with Crippen LogP contribution >= 0.6 is 27.7 Å². The van der Waals surface area contributed by atoms with E-state index in [9.17, 15) is 22.4 Å². The summed E-state index contributed by atoms with van der Waals surface area (Å²) < 4.78 is 49.6. The number of hydrogen-bond donors (Lipinski definition) is 0. The maximum absolute atomic E-state index is 13.5. The number of Topliss-reactive ketones (excluding diaryl/α,β-unsaturated/α-hetero) is 1. The molecule has 0 spiro atoms. The first-order chi connectivity index (χ1) is 7.70. The first kappa shape index (κ1) is 14.5. The van der Waals surface area contributed by atoms with Crippen molar-refractivity contribution in [3.8, 4) is 0 Å². The summed E-state index contributed by atoms with van der Waals surface area (Å²) in [6, 6.07) is 3.07. The molecule has 0 fully saturated rings. The maximum Gasteiger partial charge on any atom is 0.446 e. The molecule has 0 heterocycles. The predicted molar refractivity (Wildman–Crippen MR) is 60.7 cm³/mol. The van der Waals surface area contributed by atoms with Gasteiger partial charge in [0, 0.05) is 10.5 Å². The average molecular weight is 331 g/mol. The quantitative estimate of drug-likeness (QED) is 0.462. The lowest BCUT2D eigenvalue weighted by Gasteiger charge is -2.10. The van der Waals surface area contributed by atoms with Gasteiger partial charge in [0.2, 0.25) is 0 Å². The van der Waals surface area contributed by atoms with Gasteiger partial charge in [-0.2, -0.15) is 13.2 Å². The smallest absolute Gasteiger partial charge is 0.298 e. The molecule has 0 saturated carbocycles. The summed E-state index contributed by atoms with van der Waals surface area (Å²) in [6.07, 6.45) is 0. The van der Waals surface area contributed by atoms with Gasteiger partial charge in [0.05, 0.1) is 0 Å². The van der Waals surface area contributed by atoms with E-state index in [0.29, 0.717) is 0 Å². The van der Waals surface area contributed by atoms with Crippen LogP contribution in [0.5, 0.6) is 0 Å². The van der Waals surface area contributed by atoms with Gasteiger partial charge in [0.25, 0.3) is 0 Å². The minimum atomic E-state index is -4.46. The zero-order valence-electron chi connectivity index (χ0n) is 8.52. The number of hydrogen-bond acceptors (Lipinski definition) is 2. The summed E-state index contributed by atoms with van der Waals surface area (Å²) in [7, 11) is 0. The van der Waals surface area contributed by atoms with Crippen molar-refractivity contribution in [1.82, 2.24) is 0 Å². The molecule has 0 aliphatic carbocycles. The number of rotatable bonds is 3. The minimum absolute atomic E-state index is 0.0315. The maximum atomic E-state index is 13.5. The Morgan fingerprint density at radius 3 is 2.41 bits per heavy atom. The molecule has 1 unspecified atom stereocenters. The van der Waals surface area contributed by atoms with E-state index in [4.69, 9.17) is 0 Å². The summed E-state index contributed by atoms with van der Waals surface area (Å²) in [5.74, 6) is -1.16. The molecule has 1 rings (SSSR count). The Balaban J connectivity index is 2.98. The molecule has 0 aromatic heterocycles. The lowest BCUT2D eigenvalue weighted by molar-refractivity contribution is -0.116. The fourth-order valence-electron chi connectivity index (χ4n) is 1.13. The lowest BCUT2D eigenvalue weighted by Crippen LogP contribution is -2.04. The Bertz CT molecular complexity index is 433. The second-order valence-corrected chi connectivity index (χ2v) is 5.26. The van der Waals surface area contributed by atoms with Crippen molar-refractivity contribution < 1.29 is 22.4 Å². The zero-order chi connectivity index (χ0) is 13.2. The standard InChI is InChI=1S/C10H7BrF4OS/c1-5(16)9(11)7-3-2-6(4-8(7)12)17-10(13,14)15/h2-4,9H,1H3. The Morgan fingerprint density at radius 2 is 2.00 bits per heavy atom. The van der Waals surface area contributed by atoms with Crippen molar-refractivity contribution in [1.29, 1.82) is 0 Å². The molecular weight excluding hydrogens is 324 g/mol. The summed E-state index contributed by atoms with van der Waals surface area (Å²) in [5, 5.41) is 0. The molecular formula is C10H7BrF4OS. The van der Waals surface area contributed by atoms with E-state index in [0.717, 1.165) is 12.1 Å². The molecule has 0 bridgehead atoms. The third-order valence-electron chi connectivity index (χ3n) is 1.84. The Kier molecular flexibility index (Phi) is 4.60. The number of halogens is 5. The molecule has 1 aromatic rings. The van der Waals surface area contributed by atoms with Gasteiger partial charge in [-0.15, -0.1) is 0 Å². The van der Waals surface area contributed by atoms with Crippen molar-refractivity contribution in [3.63, 3.8) is 0 Å². The van der Waals surface area contributed by atoms with Crippen molar-refractivity contribution in [2.24, 2.45) is 0 Å². The molecule has 0 aliphatic rings. The van der Waals surface area contributed by atoms with E-state index in [1.807, 2.05) is 0 Å². The number of ketones is 1. The fraction of sp³-hybridized carbons (Fsp3) is 0.300. The van der Waals surface area contributed by atoms with Crippen LogP contribution in [0.4, 0.5) is 17.6 Å². The highest BCUT2D eigenvalue weighted by molar-refractivity contribution is 9.09. The van der Waals surface area contributed by atoms with Gasteiger partial charge in [0.15, 0.2) is 0 Å². The van der Waals surface area contributed by atoms with Crippen LogP contribution in [0.15, 0.2) is 23.1 Å². The number of alkyl halides is 4. The molecule has 94 valence electrons. The second kappa shape index (κ2) is 5.39. The van der Waals surface area contributed by atoms with Crippen LogP contribution in [0.1, 0.15) is 17.3 Å². The van der Waals surface area contributed by atoms with Crippen LogP contribution in [0, 0.1) is 5.82 Å². The summed E-state index contributed by atoms with van der Waals surface area (Å²) in [4.78, 5) is 9.92. The van der Waals surface area contributed by atoms with E-state index in [2.05, 4.69) is 15.9 Å². The lowest BCUT2D eigenvalue weighted by atomic mass is 10.1. The van der Waals surface area contributed by atoms with Crippen LogP contribution in [0.2, 0.25) is 0 Å².